The minimum atomic E-state index is -0.280. The molecule has 2 saturated carbocycles. The molecule has 2 fully saturated rings. The van der Waals surface area contributed by atoms with Crippen molar-refractivity contribution in [2.75, 3.05) is 26.4 Å². The standard InChI is InChI=1S/C18H26O7/c1-11(19)13-7-15(8-13)17(21)24-5-3-23-4-6-25-18(22)16-9-14(10-16)12(2)20/h13-16H,3-10H2,1-2H3/t13-,14-,15-,16-. The van der Waals surface area contributed by atoms with Crippen LogP contribution >= 0.6 is 0 Å². The lowest BCUT2D eigenvalue weighted by atomic mass is 9.73. The van der Waals surface area contributed by atoms with Gasteiger partial charge >= 0.3 is 11.9 Å². The van der Waals surface area contributed by atoms with Gasteiger partial charge in [0.05, 0.1) is 25.0 Å². The van der Waals surface area contributed by atoms with Gasteiger partial charge in [-0.3, -0.25) is 19.2 Å². The molecular weight excluding hydrogens is 328 g/mol. The van der Waals surface area contributed by atoms with Crippen LogP contribution in [-0.2, 0) is 33.4 Å². The van der Waals surface area contributed by atoms with Crippen LogP contribution in [0, 0.1) is 23.7 Å². The van der Waals surface area contributed by atoms with Gasteiger partial charge in [0.15, 0.2) is 0 Å². The van der Waals surface area contributed by atoms with Crippen molar-refractivity contribution in [3.8, 4) is 0 Å². The third-order valence-corrected chi connectivity index (χ3v) is 5.04. The SMILES string of the molecule is CC(=O)[C@H]1C[C@H](C(=O)OCCOCCOC(=O)[C@H]2C[C@H](C(C)=O)C2)C1. The Labute approximate surface area is 147 Å². The fourth-order valence-electron chi connectivity index (χ4n) is 3.02. The Morgan fingerprint density at radius 3 is 1.32 bits per heavy atom. The molecule has 0 N–H and O–H groups in total. The molecule has 0 aromatic carbocycles. The first kappa shape index (κ1) is 19.6. The summed E-state index contributed by atoms with van der Waals surface area (Å²) in [5.74, 6) is -0.640. The highest BCUT2D eigenvalue weighted by Gasteiger charge is 2.38. The number of Topliss-reactive ketones (excluding diaryl/α,β-unsaturated/α-hetero) is 2. The average Bonchev–Trinajstić information content (AvgIpc) is 2.42. The highest BCUT2D eigenvalue weighted by molar-refractivity contribution is 5.83. The van der Waals surface area contributed by atoms with Gasteiger partial charge in [0.1, 0.15) is 24.8 Å². The number of carbonyl (C=O) groups is 4. The van der Waals surface area contributed by atoms with Gasteiger partial charge in [0, 0.05) is 11.8 Å². The molecule has 0 heterocycles. The van der Waals surface area contributed by atoms with Crippen LogP contribution in [0.3, 0.4) is 0 Å². The Kier molecular flexibility index (Phi) is 7.11. The lowest BCUT2D eigenvalue weighted by molar-refractivity contribution is -0.156. The molecule has 0 aromatic rings. The van der Waals surface area contributed by atoms with Gasteiger partial charge in [-0.25, -0.2) is 0 Å². The van der Waals surface area contributed by atoms with Crippen molar-refractivity contribution in [2.24, 2.45) is 23.7 Å². The van der Waals surface area contributed by atoms with Gasteiger partial charge in [0.25, 0.3) is 0 Å². The van der Waals surface area contributed by atoms with Gasteiger partial charge in [-0.15, -0.1) is 0 Å². The maximum Gasteiger partial charge on any atom is 0.309 e. The van der Waals surface area contributed by atoms with Crippen LogP contribution in [0.15, 0.2) is 0 Å². The molecule has 0 amide bonds. The molecule has 0 radical (unpaired) electrons. The largest absolute Gasteiger partial charge is 0.463 e. The predicted molar refractivity (Wildman–Crippen MR) is 86.5 cm³/mol. The van der Waals surface area contributed by atoms with E-state index in [4.69, 9.17) is 14.2 Å². The van der Waals surface area contributed by atoms with E-state index in [1.807, 2.05) is 0 Å². The minimum Gasteiger partial charge on any atom is -0.463 e. The minimum absolute atomic E-state index is 0.00452. The molecule has 2 rings (SSSR count). The zero-order valence-electron chi connectivity index (χ0n) is 14.8. The van der Waals surface area contributed by atoms with E-state index < -0.39 is 0 Å². The van der Waals surface area contributed by atoms with E-state index in [-0.39, 0.29) is 73.6 Å². The summed E-state index contributed by atoms with van der Waals surface area (Å²) in [5, 5.41) is 0. The zero-order valence-corrected chi connectivity index (χ0v) is 14.8. The van der Waals surface area contributed by atoms with Gasteiger partial charge in [0.2, 0.25) is 0 Å². The van der Waals surface area contributed by atoms with Crippen molar-refractivity contribution in [2.45, 2.75) is 39.5 Å². The molecule has 25 heavy (non-hydrogen) atoms. The Morgan fingerprint density at radius 2 is 1.00 bits per heavy atom. The highest BCUT2D eigenvalue weighted by Crippen LogP contribution is 2.35. The van der Waals surface area contributed by atoms with E-state index in [0.717, 1.165) is 0 Å². The third-order valence-electron chi connectivity index (χ3n) is 5.04. The Morgan fingerprint density at radius 1 is 0.640 bits per heavy atom. The van der Waals surface area contributed by atoms with E-state index >= 15 is 0 Å². The number of ether oxygens (including phenoxy) is 3. The van der Waals surface area contributed by atoms with E-state index in [1.165, 1.54) is 0 Å². The van der Waals surface area contributed by atoms with Crippen LogP contribution in [0.2, 0.25) is 0 Å². The second-order valence-corrected chi connectivity index (χ2v) is 6.90. The molecule has 140 valence electrons. The smallest absolute Gasteiger partial charge is 0.309 e. The van der Waals surface area contributed by atoms with Gasteiger partial charge in [-0.1, -0.05) is 0 Å². The maximum absolute atomic E-state index is 11.7. The zero-order chi connectivity index (χ0) is 18.4. The molecule has 0 spiro atoms. The molecule has 7 nitrogen and oxygen atoms in total. The normalized spacial score (nSPS) is 27.6. The first-order valence-electron chi connectivity index (χ1n) is 8.80. The van der Waals surface area contributed by atoms with E-state index in [9.17, 15) is 19.2 Å². The summed E-state index contributed by atoms with van der Waals surface area (Å²) in [6, 6.07) is 0. The Bertz CT molecular complexity index is 470. The Hall–Kier alpha value is -1.76. The summed E-state index contributed by atoms with van der Waals surface area (Å²) in [5.41, 5.74) is 0. The topological polar surface area (TPSA) is 96.0 Å². The van der Waals surface area contributed by atoms with Crippen LogP contribution in [0.1, 0.15) is 39.5 Å². The monoisotopic (exact) mass is 354 g/mol. The van der Waals surface area contributed by atoms with Crippen molar-refractivity contribution in [3.05, 3.63) is 0 Å². The van der Waals surface area contributed by atoms with Crippen molar-refractivity contribution in [3.63, 3.8) is 0 Å². The molecule has 0 aromatic heterocycles. The van der Waals surface area contributed by atoms with Gasteiger partial charge in [-0.05, 0) is 39.5 Å². The molecule has 0 saturated heterocycles. The lowest BCUT2D eigenvalue weighted by Crippen LogP contribution is -2.36. The van der Waals surface area contributed by atoms with Gasteiger partial charge in [-0.2, -0.15) is 0 Å². The summed E-state index contributed by atoms with van der Waals surface area (Å²) in [7, 11) is 0. The molecule has 0 atom stereocenters. The van der Waals surface area contributed by atoms with Crippen LogP contribution in [0.4, 0.5) is 0 Å². The second kappa shape index (κ2) is 9.08. The fourth-order valence-corrected chi connectivity index (χ4v) is 3.02. The average molecular weight is 354 g/mol. The predicted octanol–water partition coefficient (Wildman–Crippen LogP) is 1.32. The van der Waals surface area contributed by atoms with E-state index in [2.05, 4.69) is 0 Å². The summed E-state index contributed by atoms with van der Waals surface area (Å²) in [4.78, 5) is 45.5. The van der Waals surface area contributed by atoms with Crippen LogP contribution in [0.25, 0.3) is 0 Å². The summed E-state index contributed by atoms with van der Waals surface area (Å²) in [6.45, 7) is 3.86. The molecule has 0 bridgehead atoms. The van der Waals surface area contributed by atoms with Crippen molar-refractivity contribution >= 4 is 23.5 Å². The van der Waals surface area contributed by atoms with E-state index in [1.54, 1.807) is 13.8 Å². The number of ketones is 2. The number of hydrogen-bond acceptors (Lipinski definition) is 7. The van der Waals surface area contributed by atoms with E-state index in [0.29, 0.717) is 25.7 Å². The van der Waals surface area contributed by atoms with Gasteiger partial charge < -0.3 is 14.2 Å². The van der Waals surface area contributed by atoms with Crippen molar-refractivity contribution < 1.29 is 33.4 Å². The molecule has 0 aliphatic heterocycles. The lowest BCUT2D eigenvalue weighted by Gasteiger charge is -2.31. The molecule has 7 heteroatoms. The van der Waals surface area contributed by atoms with Crippen LogP contribution < -0.4 is 0 Å². The quantitative estimate of drug-likeness (QED) is 0.431. The number of rotatable bonds is 10. The number of esters is 2. The highest BCUT2D eigenvalue weighted by atomic mass is 16.6. The Balaban J connectivity index is 1.41. The maximum atomic E-state index is 11.7. The number of carbonyl (C=O) groups excluding carboxylic acids is 4. The summed E-state index contributed by atoms with van der Waals surface area (Å²) in [6.07, 6.45) is 2.32. The second-order valence-electron chi connectivity index (χ2n) is 6.90. The molecule has 2 aliphatic rings. The number of hydrogen-bond donors (Lipinski definition) is 0. The van der Waals surface area contributed by atoms with Crippen LogP contribution in [0.5, 0.6) is 0 Å². The van der Waals surface area contributed by atoms with Crippen molar-refractivity contribution in [1.29, 1.82) is 0 Å². The summed E-state index contributed by atoms with van der Waals surface area (Å²) < 4.78 is 15.4. The summed E-state index contributed by atoms with van der Waals surface area (Å²) >= 11 is 0. The first-order chi connectivity index (χ1) is 11.9. The molecular formula is C18H26O7. The molecule has 2 aliphatic carbocycles. The fraction of sp³-hybridized carbons (Fsp3) is 0.778. The third kappa shape index (κ3) is 5.63. The van der Waals surface area contributed by atoms with Crippen molar-refractivity contribution in [1.82, 2.24) is 0 Å². The first-order valence-corrected chi connectivity index (χ1v) is 8.80. The van der Waals surface area contributed by atoms with Crippen LogP contribution in [-0.4, -0.2) is 49.9 Å². The molecule has 0 unspecified atom stereocenters.